The average Bonchev–Trinajstić information content (AvgIpc) is 2.39. The molecule has 3 nitrogen and oxygen atoms in total. The Morgan fingerprint density at radius 2 is 1.57 bits per heavy atom. The molecule has 0 aromatic carbocycles. The number of hydrogen-bond acceptors (Lipinski definition) is 3. The van der Waals surface area contributed by atoms with Crippen LogP contribution in [0.5, 0.6) is 0 Å². The summed E-state index contributed by atoms with van der Waals surface area (Å²) in [5.74, 6) is 0. The molecule has 1 aliphatic rings. The first kappa shape index (κ1) is 18.1. The molecule has 0 spiro atoms. The fourth-order valence-corrected chi connectivity index (χ4v) is 2.15. The van der Waals surface area contributed by atoms with Crippen LogP contribution in [-0.4, -0.2) is 41.7 Å². The molecule has 3 heteroatoms. The number of morpholine rings is 1. The number of aryl methyl sites for hydroxylation is 1. The quantitative estimate of drug-likeness (QED) is 0.727. The zero-order chi connectivity index (χ0) is 16.1. The van der Waals surface area contributed by atoms with Crippen molar-refractivity contribution >= 4 is 0 Å². The van der Waals surface area contributed by atoms with Gasteiger partial charge in [0.25, 0.3) is 0 Å². The zero-order valence-corrected chi connectivity index (χ0v) is 14.9. The maximum absolute atomic E-state index is 5.25. The summed E-state index contributed by atoms with van der Waals surface area (Å²) in [6, 6.07) is 4.20. The lowest BCUT2D eigenvalue weighted by Crippen LogP contribution is -2.47. The fraction of sp³-hybridized carbons (Fsp3) is 0.722. The van der Waals surface area contributed by atoms with Gasteiger partial charge >= 0.3 is 0 Å². The largest absolute Gasteiger partial charge is 0.379 e. The fourth-order valence-electron chi connectivity index (χ4n) is 2.15. The third-order valence-corrected chi connectivity index (χ3v) is 3.64. The van der Waals surface area contributed by atoms with Crippen molar-refractivity contribution in [2.24, 2.45) is 0 Å². The highest BCUT2D eigenvalue weighted by molar-refractivity contribution is 5.17. The van der Waals surface area contributed by atoms with Gasteiger partial charge in [-0.3, -0.25) is 9.88 Å². The SMILES string of the molecule is CC(C)(C)N1CCOCC1.Cc1ccc(C(C)(C)C)nc1. The number of ether oxygens (including phenoxy) is 1. The zero-order valence-electron chi connectivity index (χ0n) is 14.9. The van der Waals surface area contributed by atoms with Crippen molar-refractivity contribution in [1.82, 2.24) is 9.88 Å². The van der Waals surface area contributed by atoms with E-state index < -0.39 is 0 Å². The second-order valence-corrected chi connectivity index (χ2v) is 7.74. The van der Waals surface area contributed by atoms with Crippen LogP contribution in [0.15, 0.2) is 18.3 Å². The molecule has 0 saturated carbocycles. The Labute approximate surface area is 130 Å². The monoisotopic (exact) mass is 292 g/mol. The van der Waals surface area contributed by atoms with Crippen molar-refractivity contribution in [3.8, 4) is 0 Å². The first-order valence-electron chi connectivity index (χ1n) is 7.86. The number of pyridine rings is 1. The topological polar surface area (TPSA) is 25.4 Å². The highest BCUT2D eigenvalue weighted by Crippen LogP contribution is 2.19. The van der Waals surface area contributed by atoms with Crippen molar-refractivity contribution in [3.63, 3.8) is 0 Å². The summed E-state index contributed by atoms with van der Waals surface area (Å²) in [6.07, 6.45) is 1.92. The standard InChI is InChI=1S/C10H15N.C8H17NO/c1-8-5-6-9(11-7-8)10(2,3)4;1-8(2,3)9-4-6-10-7-5-9/h5-7H,1-4H3;4-7H2,1-3H3. The van der Waals surface area contributed by atoms with Crippen LogP contribution in [0.4, 0.5) is 0 Å². The van der Waals surface area contributed by atoms with E-state index in [9.17, 15) is 0 Å². The molecule has 1 fully saturated rings. The average molecular weight is 292 g/mol. The molecule has 1 saturated heterocycles. The van der Waals surface area contributed by atoms with Gasteiger partial charge in [-0.1, -0.05) is 26.8 Å². The summed E-state index contributed by atoms with van der Waals surface area (Å²) < 4.78 is 5.25. The number of aromatic nitrogens is 1. The molecule has 21 heavy (non-hydrogen) atoms. The Kier molecular flexibility index (Phi) is 6.36. The van der Waals surface area contributed by atoms with Crippen molar-refractivity contribution in [2.75, 3.05) is 26.3 Å². The molecule has 0 unspecified atom stereocenters. The van der Waals surface area contributed by atoms with Crippen LogP contribution < -0.4 is 0 Å². The maximum atomic E-state index is 5.25. The molecule has 1 aliphatic heterocycles. The van der Waals surface area contributed by atoms with Gasteiger partial charge in [-0.25, -0.2) is 0 Å². The highest BCUT2D eigenvalue weighted by atomic mass is 16.5. The van der Waals surface area contributed by atoms with Crippen molar-refractivity contribution in [1.29, 1.82) is 0 Å². The summed E-state index contributed by atoms with van der Waals surface area (Å²) in [5.41, 5.74) is 2.87. The second-order valence-electron chi connectivity index (χ2n) is 7.74. The summed E-state index contributed by atoms with van der Waals surface area (Å²) >= 11 is 0. The van der Waals surface area contributed by atoms with E-state index in [1.54, 1.807) is 0 Å². The number of hydrogen-bond donors (Lipinski definition) is 0. The summed E-state index contributed by atoms with van der Waals surface area (Å²) in [5, 5.41) is 0. The van der Waals surface area contributed by atoms with Gasteiger partial charge in [-0.2, -0.15) is 0 Å². The highest BCUT2D eigenvalue weighted by Gasteiger charge is 2.22. The van der Waals surface area contributed by atoms with E-state index in [1.807, 2.05) is 6.20 Å². The Hall–Kier alpha value is -0.930. The van der Waals surface area contributed by atoms with Gasteiger partial charge in [0.15, 0.2) is 0 Å². The van der Waals surface area contributed by atoms with Crippen LogP contribution in [0.25, 0.3) is 0 Å². The molecule has 0 amide bonds. The van der Waals surface area contributed by atoms with Crippen molar-refractivity contribution in [2.45, 2.75) is 59.4 Å². The Balaban J connectivity index is 0.000000211. The molecule has 120 valence electrons. The van der Waals surface area contributed by atoms with Gasteiger partial charge in [0.05, 0.1) is 13.2 Å². The van der Waals surface area contributed by atoms with Gasteiger partial charge < -0.3 is 4.74 Å². The predicted molar refractivity (Wildman–Crippen MR) is 89.8 cm³/mol. The molecule has 0 radical (unpaired) electrons. The molecule has 0 N–H and O–H groups in total. The van der Waals surface area contributed by atoms with E-state index in [2.05, 4.69) is 70.5 Å². The van der Waals surface area contributed by atoms with Gasteiger partial charge in [0, 0.05) is 35.9 Å². The molecule has 1 aromatic heterocycles. The van der Waals surface area contributed by atoms with Crippen LogP contribution in [0.3, 0.4) is 0 Å². The third-order valence-electron chi connectivity index (χ3n) is 3.64. The van der Waals surface area contributed by atoms with E-state index in [0.29, 0.717) is 5.54 Å². The van der Waals surface area contributed by atoms with Gasteiger partial charge in [0.1, 0.15) is 0 Å². The molecule has 2 heterocycles. The van der Waals surface area contributed by atoms with Crippen LogP contribution >= 0.6 is 0 Å². The molecular formula is C18H32N2O. The Morgan fingerprint density at radius 3 is 1.90 bits per heavy atom. The number of nitrogens with zero attached hydrogens (tertiary/aromatic N) is 2. The van der Waals surface area contributed by atoms with Crippen molar-refractivity contribution < 1.29 is 4.74 Å². The van der Waals surface area contributed by atoms with Crippen LogP contribution in [0.1, 0.15) is 52.8 Å². The first-order chi connectivity index (χ1) is 9.60. The third kappa shape index (κ3) is 6.58. The molecule has 0 bridgehead atoms. The molecule has 2 rings (SSSR count). The van der Waals surface area contributed by atoms with E-state index in [0.717, 1.165) is 32.0 Å². The molecule has 1 aromatic rings. The van der Waals surface area contributed by atoms with Gasteiger partial charge in [-0.15, -0.1) is 0 Å². The van der Waals surface area contributed by atoms with Crippen LogP contribution in [-0.2, 0) is 10.2 Å². The molecule has 0 aliphatic carbocycles. The predicted octanol–water partition coefficient (Wildman–Crippen LogP) is 3.80. The lowest BCUT2D eigenvalue weighted by Gasteiger charge is -2.38. The van der Waals surface area contributed by atoms with Gasteiger partial charge in [0.2, 0.25) is 0 Å². The summed E-state index contributed by atoms with van der Waals surface area (Å²) in [6.45, 7) is 19.3. The Bertz CT molecular complexity index is 406. The summed E-state index contributed by atoms with van der Waals surface area (Å²) in [4.78, 5) is 6.80. The molecular weight excluding hydrogens is 260 g/mol. The van der Waals surface area contributed by atoms with Gasteiger partial charge in [-0.05, 0) is 39.3 Å². The van der Waals surface area contributed by atoms with E-state index in [1.165, 1.54) is 5.56 Å². The van der Waals surface area contributed by atoms with Crippen molar-refractivity contribution in [3.05, 3.63) is 29.6 Å². The molecule has 0 atom stereocenters. The summed E-state index contributed by atoms with van der Waals surface area (Å²) in [7, 11) is 0. The minimum Gasteiger partial charge on any atom is -0.379 e. The smallest absolute Gasteiger partial charge is 0.0594 e. The maximum Gasteiger partial charge on any atom is 0.0594 e. The van der Waals surface area contributed by atoms with E-state index >= 15 is 0 Å². The lowest BCUT2D eigenvalue weighted by molar-refractivity contribution is -0.00389. The minimum absolute atomic E-state index is 0.174. The van der Waals surface area contributed by atoms with E-state index in [4.69, 9.17) is 4.74 Å². The van der Waals surface area contributed by atoms with Crippen LogP contribution in [0, 0.1) is 6.92 Å². The first-order valence-corrected chi connectivity index (χ1v) is 7.86. The lowest BCUT2D eigenvalue weighted by atomic mass is 9.91. The second kappa shape index (κ2) is 7.37. The van der Waals surface area contributed by atoms with E-state index in [-0.39, 0.29) is 5.41 Å². The normalized spacial score (nSPS) is 17.1. The number of rotatable bonds is 0. The minimum atomic E-state index is 0.174. The van der Waals surface area contributed by atoms with Crippen LogP contribution in [0.2, 0.25) is 0 Å². The Morgan fingerprint density at radius 1 is 1.00 bits per heavy atom.